The molecule has 4 rings (SSSR count). The average Bonchev–Trinajstić information content (AvgIpc) is 3.02. The first kappa shape index (κ1) is 33.0. The van der Waals surface area contributed by atoms with Crippen LogP contribution < -0.4 is 0 Å². The van der Waals surface area contributed by atoms with Gasteiger partial charge in [-0.3, -0.25) is 19.9 Å². The number of hydrogen-bond donors (Lipinski definition) is 0. The van der Waals surface area contributed by atoms with Crippen molar-refractivity contribution in [3.8, 4) is 47.1 Å². The zero-order valence-corrected chi connectivity index (χ0v) is 21.0. The van der Waals surface area contributed by atoms with E-state index in [1.165, 1.54) is 36.0 Å². The summed E-state index contributed by atoms with van der Waals surface area (Å²) < 4.78 is 0. The largest absolute Gasteiger partial charge is 2.00 e. The fourth-order valence-corrected chi connectivity index (χ4v) is 2.21. The molecule has 0 aliphatic heterocycles. The molecule has 0 aromatic carbocycles. The number of allylic oxidation sites excluding steroid dienone is 2. The molecule has 39 heavy (non-hydrogen) atoms. The Morgan fingerprint density at radius 3 is 0.795 bits per heavy atom. The van der Waals surface area contributed by atoms with Crippen LogP contribution in [0.4, 0.5) is 0 Å². The van der Waals surface area contributed by atoms with Gasteiger partial charge in [-0.1, -0.05) is 24.3 Å². The fraction of sp³-hybridized carbons (Fsp3) is 0. The minimum absolute atomic E-state index is 0. The van der Waals surface area contributed by atoms with Crippen molar-refractivity contribution in [1.82, 2.24) is 19.9 Å². The van der Waals surface area contributed by atoms with Gasteiger partial charge in [0.1, 0.15) is 35.4 Å². The summed E-state index contributed by atoms with van der Waals surface area (Å²) in [6, 6.07) is 28.8. The molecule has 189 valence electrons. The van der Waals surface area contributed by atoms with E-state index in [4.69, 9.17) is 31.9 Å². The fourth-order valence-electron chi connectivity index (χ4n) is 2.21. The van der Waals surface area contributed by atoms with Crippen molar-refractivity contribution in [2.24, 2.45) is 0 Å². The predicted octanol–water partition coefficient (Wildman–Crippen LogP) is 4.68. The number of nitriles is 4. The van der Waals surface area contributed by atoms with Gasteiger partial charge in [-0.05, 0) is 48.5 Å². The van der Waals surface area contributed by atoms with Gasteiger partial charge in [0.15, 0.2) is 0 Å². The van der Waals surface area contributed by atoms with E-state index in [1.54, 1.807) is 24.8 Å². The molecule has 0 N–H and O–H groups in total. The molecule has 4 aromatic rings. The smallest absolute Gasteiger partial charge is 0.762 e. The van der Waals surface area contributed by atoms with Crippen LogP contribution in [-0.2, 0) is 17.1 Å². The summed E-state index contributed by atoms with van der Waals surface area (Å²) in [5.41, 5.74) is 2.85. The van der Waals surface area contributed by atoms with Crippen molar-refractivity contribution in [2.75, 3.05) is 0 Å². The Morgan fingerprint density at radius 2 is 0.692 bits per heavy atom. The van der Waals surface area contributed by atoms with Gasteiger partial charge in [0.2, 0.25) is 0 Å². The van der Waals surface area contributed by atoms with Gasteiger partial charge in [0.25, 0.3) is 0 Å². The first-order chi connectivity index (χ1) is 18.6. The third kappa shape index (κ3) is 13.6. The van der Waals surface area contributed by atoms with Crippen LogP contribution in [-0.4, -0.2) is 31.7 Å². The van der Waals surface area contributed by atoms with Gasteiger partial charge in [0.05, 0.1) is 22.8 Å². The summed E-state index contributed by atoms with van der Waals surface area (Å²) in [5.74, 6) is 2.79. The summed E-state index contributed by atoms with van der Waals surface area (Å²) in [6.45, 7) is 0. The van der Waals surface area contributed by atoms with Crippen LogP contribution in [0, 0.1) is 45.3 Å². The molecule has 0 unspecified atom stereocenters. The number of rotatable bonds is 2. The average molecular weight is 556 g/mol. The van der Waals surface area contributed by atoms with E-state index >= 15 is 0 Å². The van der Waals surface area contributed by atoms with Crippen molar-refractivity contribution in [3.63, 3.8) is 0 Å². The minimum atomic E-state index is -0.403. The van der Waals surface area contributed by atoms with E-state index in [0.29, 0.717) is 0 Å². The molecule has 4 aromatic heterocycles. The normalized spacial score (nSPS) is 7.69. The van der Waals surface area contributed by atoms with Crippen LogP contribution in [0.1, 0.15) is 0 Å². The topological polar surface area (TPSA) is 191 Å². The quantitative estimate of drug-likeness (QED) is 0.193. The standard InChI is InChI=1S/2C10H8N2.2C4N3.Cu/c2*1-3-7-11-9(5-1)10-6-2-4-8-12-10;2*5-1-4(2-6)3-7;/h2*1-8H;;;/q;;2*-1;+2. The molecule has 4 heterocycles. The Labute approximate surface area is 236 Å². The zero-order chi connectivity index (χ0) is 27.8. The van der Waals surface area contributed by atoms with E-state index < -0.39 is 11.1 Å². The molecule has 0 saturated carbocycles. The van der Waals surface area contributed by atoms with E-state index in [-0.39, 0.29) is 17.1 Å². The van der Waals surface area contributed by atoms with E-state index in [0.717, 1.165) is 22.8 Å². The SMILES string of the molecule is N#CC(=C=[N-])C#N.N#CC(=C=[N-])C#N.[Cu+2].c1ccc(-c2ccccn2)nc1.c1ccc(-c2ccccn2)nc1. The Balaban J connectivity index is 0.000000508. The van der Waals surface area contributed by atoms with E-state index in [2.05, 4.69) is 19.9 Å². The first-order valence-corrected chi connectivity index (χ1v) is 10.4. The minimum Gasteiger partial charge on any atom is -0.762 e. The number of nitrogens with zero attached hydrogens (tertiary/aromatic N) is 10. The Kier molecular flexibility index (Phi) is 18.0. The van der Waals surface area contributed by atoms with Gasteiger partial charge in [-0.25, -0.2) is 11.7 Å². The molecular formula is C28H16CuN10. The van der Waals surface area contributed by atoms with Crippen LogP contribution in [0.5, 0.6) is 0 Å². The molecule has 0 aliphatic rings. The Bertz CT molecular complexity index is 1310. The summed E-state index contributed by atoms with van der Waals surface area (Å²) >= 11 is 0. The third-order valence-corrected chi connectivity index (χ3v) is 3.86. The predicted molar refractivity (Wildman–Crippen MR) is 141 cm³/mol. The van der Waals surface area contributed by atoms with Crippen LogP contribution in [0.25, 0.3) is 33.6 Å². The third-order valence-electron chi connectivity index (χ3n) is 3.86. The molecule has 0 saturated heterocycles. The van der Waals surface area contributed by atoms with Gasteiger partial charge >= 0.3 is 17.1 Å². The number of aromatic nitrogens is 4. The number of hydrogen-bond acceptors (Lipinski definition) is 8. The van der Waals surface area contributed by atoms with Gasteiger partial charge in [0, 0.05) is 24.8 Å². The molecular weight excluding hydrogens is 540 g/mol. The summed E-state index contributed by atoms with van der Waals surface area (Å²) in [4.78, 5) is 16.7. The van der Waals surface area contributed by atoms with E-state index in [1.807, 2.05) is 72.8 Å². The molecule has 0 aliphatic carbocycles. The second kappa shape index (κ2) is 21.3. The van der Waals surface area contributed by atoms with E-state index in [9.17, 15) is 0 Å². The molecule has 0 atom stereocenters. The van der Waals surface area contributed by atoms with Crippen LogP contribution >= 0.6 is 0 Å². The van der Waals surface area contributed by atoms with Crippen molar-refractivity contribution >= 4 is 11.7 Å². The summed E-state index contributed by atoms with van der Waals surface area (Å²) in [7, 11) is 0. The summed E-state index contributed by atoms with van der Waals surface area (Å²) in [5, 5.41) is 46.8. The zero-order valence-electron chi connectivity index (χ0n) is 20.0. The van der Waals surface area contributed by atoms with Crippen LogP contribution in [0.3, 0.4) is 0 Å². The van der Waals surface area contributed by atoms with Crippen molar-refractivity contribution < 1.29 is 17.1 Å². The van der Waals surface area contributed by atoms with Crippen molar-refractivity contribution in [1.29, 1.82) is 21.0 Å². The first-order valence-electron chi connectivity index (χ1n) is 10.4. The van der Waals surface area contributed by atoms with Crippen molar-refractivity contribution in [2.45, 2.75) is 0 Å². The van der Waals surface area contributed by atoms with Crippen LogP contribution in [0.2, 0.25) is 0 Å². The molecule has 1 radical (unpaired) electrons. The number of pyridine rings is 4. The van der Waals surface area contributed by atoms with Gasteiger partial charge in [-0.15, -0.1) is 0 Å². The molecule has 0 spiro atoms. The second-order valence-electron chi connectivity index (χ2n) is 6.28. The monoisotopic (exact) mass is 555 g/mol. The van der Waals surface area contributed by atoms with Gasteiger partial charge < -0.3 is 10.8 Å². The Hall–Kier alpha value is -6.02. The summed E-state index contributed by atoms with van der Waals surface area (Å²) in [6.07, 6.45) is 7.07. The molecule has 0 amide bonds. The Morgan fingerprint density at radius 1 is 0.462 bits per heavy atom. The maximum atomic E-state index is 7.79. The van der Waals surface area contributed by atoms with Crippen LogP contribution in [0.15, 0.2) is 109 Å². The second-order valence-corrected chi connectivity index (χ2v) is 6.28. The molecule has 11 heteroatoms. The maximum Gasteiger partial charge on any atom is 2.00 e. The maximum absolute atomic E-state index is 7.79. The molecule has 10 nitrogen and oxygen atoms in total. The van der Waals surface area contributed by atoms with Gasteiger partial charge in [-0.2, -0.15) is 21.0 Å². The molecule has 0 bridgehead atoms. The molecule has 0 fully saturated rings. The van der Waals surface area contributed by atoms with Crippen molar-refractivity contribution in [3.05, 3.63) is 120 Å².